The van der Waals surface area contributed by atoms with Gasteiger partial charge in [-0.1, -0.05) is 19.1 Å². The number of nitro benzene ring substituents is 1. The van der Waals surface area contributed by atoms with Crippen LogP contribution in [0.5, 0.6) is 5.75 Å². The van der Waals surface area contributed by atoms with Gasteiger partial charge in [-0.3, -0.25) is 19.2 Å². The molecule has 156 valence electrons. The second-order valence-electron chi connectivity index (χ2n) is 6.38. The number of carbonyl (C=O) groups excluding carboxylic acids is 1. The first kappa shape index (κ1) is 22.2. The Morgan fingerprint density at radius 3 is 2.48 bits per heavy atom. The highest BCUT2D eigenvalue weighted by atomic mass is 32.2. The smallest absolute Gasteiger partial charge is 0.274 e. The van der Waals surface area contributed by atoms with Gasteiger partial charge in [-0.25, -0.2) is 8.42 Å². The molecule has 10 heteroatoms. The van der Waals surface area contributed by atoms with Crippen molar-refractivity contribution in [2.24, 2.45) is 0 Å². The largest absolute Gasteiger partial charge is 0.497 e. The van der Waals surface area contributed by atoms with Gasteiger partial charge in [-0.15, -0.1) is 0 Å². The zero-order valence-electron chi connectivity index (χ0n) is 16.6. The van der Waals surface area contributed by atoms with E-state index < -0.39 is 26.9 Å². The molecule has 1 amide bonds. The summed E-state index contributed by atoms with van der Waals surface area (Å²) in [6.45, 7) is 3.20. The van der Waals surface area contributed by atoms with E-state index in [4.69, 9.17) is 4.74 Å². The van der Waals surface area contributed by atoms with Gasteiger partial charge in [0, 0.05) is 12.1 Å². The van der Waals surface area contributed by atoms with Crippen LogP contribution in [0, 0.1) is 17.0 Å². The maximum atomic E-state index is 13.0. The summed E-state index contributed by atoms with van der Waals surface area (Å²) in [5.74, 6) is -0.148. The molecule has 0 aliphatic heterocycles. The number of benzene rings is 2. The number of ether oxygens (including phenoxy) is 1. The molecule has 9 nitrogen and oxygen atoms in total. The van der Waals surface area contributed by atoms with Gasteiger partial charge in [-0.2, -0.15) is 0 Å². The first-order valence-electron chi connectivity index (χ1n) is 8.78. The molecule has 0 saturated heterocycles. The summed E-state index contributed by atoms with van der Waals surface area (Å²) >= 11 is 0. The fraction of sp³-hybridized carbons (Fsp3) is 0.316. The number of nitro groups is 1. The van der Waals surface area contributed by atoms with Gasteiger partial charge in [-0.05, 0) is 31.5 Å². The van der Waals surface area contributed by atoms with Crippen molar-refractivity contribution in [2.45, 2.75) is 26.3 Å². The van der Waals surface area contributed by atoms with Crippen LogP contribution >= 0.6 is 0 Å². The normalized spacial score (nSPS) is 12.1. The number of rotatable bonds is 8. The van der Waals surface area contributed by atoms with Crippen LogP contribution in [0.2, 0.25) is 0 Å². The van der Waals surface area contributed by atoms with Gasteiger partial charge >= 0.3 is 0 Å². The Balaban J connectivity index is 2.44. The zero-order valence-corrected chi connectivity index (χ0v) is 17.4. The van der Waals surface area contributed by atoms with E-state index in [1.54, 1.807) is 25.1 Å². The number of amides is 1. The molecule has 0 spiro atoms. The monoisotopic (exact) mass is 421 g/mol. The number of methoxy groups -OCH3 is 1. The molecule has 0 aliphatic carbocycles. The number of nitrogens with one attached hydrogen (secondary N) is 1. The lowest BCUT2D eigenvalue weighted by Crippen LogP contribution is -2.47. The van der Waals surface area contributed by atoms with Crippen LogP contribution in [0.4, 0.5) is 17.1 Å². The number of sulfonamides is 1. The summed E-state index contributed by atoms with van der Waals surface area (Å²) < 4.78 is 31.2. The van der Waals surface area contributed by atoms with Crippen LogP contribution in [0.25, 0.3) is 0 Å². The third kappa shape index (κ3) is 5.02. The number of hydrogen-bond donors (Lipinski definition) is 1. The van der Waals surface area contributed by atoms with Crippen LogP contribution in [0.15, 0.2) is 42.5 Å². The fourth-order valence-corrected chi connectivity index (χ4v) is 4.18. The standard InChI is InChI=1S/C19H23N3O6S/c1-5-17(19(23)20-16-10-7-11-18(13(16)2)22(24)25)21(29(4,26)27)14-8-6-9-15(12-14)28-3/h6-12,17H,5H2,1-4H3,(H,20,23). The highest BCUT2D eigenvalue weighted by Gasteiger charge is 2.32. The van der Waals surface area contributed by atoms with E-state index in [1.807, 2.05) is 0 Å². The van der Waals surface area contributed by atoms with E-state index in [1.165, 1.54) is 38.3 Å². The minimum Gasteiger partial charge on any atom is -0.497 e. The number of carbonyl (C=O) groups is 1. The van der Waals surface area contributed by atoms with Crippen molar-refractivity contribution in [1.29, 1.82) is 0 Å². The van der Waals surface area contributed by atoms with Crippen LogP contribution < -0.4 is 14.4 Å². The maximum absolute atomic E-state index is 13.0. The van der Waals surface area contributed by atoms with Gasteiger partial charge in [0.2, 0.25) is 15.9 Å². The molecule has 0 radical (unpaired) electrons. The van der Waals surface area contributed by atoms with Crippen molar-refractivity contribution in [1.82, 2.24) is 0 Å². The average Bonchev–Trinajstić information content (AvgIpc) is 2.66. The molecule has 1 unspecified atom stereocenters. The van der Waals surface area contributed by atoms with Crippen molar-refractivity contribution >= 4 is 33.0 Å². The molecule has 0 saturated carbocycles. The van der Waals surface area contributed by atoms with Gasteiger partial charge < -0.3 is 10.1 Å². The summed E-state index contributed by atoms with van der Waals surface area (Å²) in [4.78, 5) is 23.6. The molecule has 2 aromatic rings. The first-order valence-corrected chi connectivity index (χ1v) is 10.6. The van der Waals surface area contributed by atoms with Crippen LogP contribution in [-0.4, -0.2) is 38.7 Å². The summed E-state index contributed by atoms with van der Waals surface area (Å²) in [5.41, 5.74) is 0.683. The van der Waals surface area contributed by atoms with E-state index in [0.29, 0.717) is 5.75 Å². The van der Waals surface area contributed by atoms with Gasteiger partial charge in [0.05, 0.1) is 35.2 Å². The molecular weight excluding hydrogens is 398 g/mol. The van der Waals surface area contributed by atoms with Crippen molar-refractivity contribution < 1.29 is 22.9 Å². The highest BCUT2D eigenvalue weighted by molar-refractivity contribution is 7.92. The molecule has 0 bridgehead atoms. The first-order chi connectivity index (χ1) is 13.6. The molecule has 2 aromatic carbocycles. The Hall–Kier alpha value is -3.14. The lowest BCUT2D eigenvalue weighted by molar-refractivity contribution is -0.385. The lowest BCUT2D eigenvalue weighted by atomic mass is 10.1. The molecule has 2 rings (SSSR count). The highest BCUT2D eigenvalue weighted by Crippen LogP contribution is 2.29. The van der Waals surface area contributed by atoms with E-state index in [-0.39, 0.29) is 29.0 Å². The van der Waals surface area contributed by atoms with Crippen molar-refractivity contribution in [3.8, 4) is 5.75 Å². The Labute approximate surface area is 169 Å². The van der Waals surface area contributed by atoms with Gasteiger partial charge in [0.1, 0.15) is 11.8 Å². The van der Waals surface area contributed by atoms with Gasteiger partial charge in [0.25, 0.3) is 5.69 Å². The molecule has 29 heavy (non-hydrogen) atoms. The molecular formula is C19H23N3O6S. The molecule has 1 N–H and O–H groups in total. The van der Waals surface area contributed by atoms with Crippen molar-refractivity contribution in [2.75, 3.05) is 23.0 Å². The van der Waals surface area contributed by atoms with Crippen LogP contribution in [-0.2, 0) is 14.8 Å². The quantitative estimate of drug-likeness (QED) is 0.517. The Morgan fingerprint density at radius 1 is 1.28 bits per heavy atom. The summed E-state index contributed by atoms with van der Waals surface area (Å²) in [7, 11) is -2.36. The fourth-order valence-electron chi connectivity index (χ4n) is 2.98. The summed E-state index contributed by atoms with van der Waals surface area (Å²) in [5, 5.41) is 13.8. The molecule has 0 heterocycles. The summed E-state index contributed by atoms with van der Waals surface area (Å²) in [6, 6.07) is 9.64. The molecule has 0 aliphatic rings. The predicted octanol–water partition coefficient (Wildman–Crippen LogP) is 3.10. The van der Waals surface area contributed by atoms with E-state index in [9.17, 15) is 23.3 Å². The number of anilines is 2. The Bertz CT molecular complexity index is 1020. The van der Waals surface area contributed by atoms with Crippen LogP contribution in [0.1, 0.15) is 18.9 Å². The summed E-state index contributed by atoms with van der Waals surface area (Å²) in [6.07, 6.45) is 1.20. The van der Waals surface area contributed by atoms with E-state index in [2.05, 4.69) is 5.32 Å². The number of hydrogen-bond acceptors (Lipinski definition) is 6. The maximum Gasteiger partial charge on any atom is 0.274 e. The average molecular weight is 421 g/mol. The minimum atomic E-state index is -3.81. The SMILES string of the molecule is CCC(C(=O)Nc1cccc([N+](=O)[O-])c1C)N(c1cccc(OC)c1)S(C)(=O)=O. The third-order valence-corrected chi connectivity index (χ3v) is 5.58. The molecule has 1 atom stereocenters. The predicted molar refractivity (Wildman–Crippen MR) is 111 cm³/mol. The molecule has 0 fully saturated rings. The Kier molecular flexibility index (Phi) is 6.80. The second kappa shape index (κ2) is 8.91. The topological polar surface area (TPSA) is 119 Å². The van der Waals surface area contributed by atoms with Gasteiger partial charge in [0.15, 0.2) is 0 Å². The van der Waals surface area contributed by atoms with E-state index in [0.717, 1.165) is 10.6 Å². The third-order valence-electron chi connectivity index (χ3n) is 4.40. The number of nitrogens with zero attached hydrogens (tertiary/aromatic N) is 2. The molecule has 0 aromatic heterocycles. The van der Waals surface area contributed by atoms with Crippen LogP contribution in [0.3, 0.4) is 0 Å². The van der Waals surface area contributed by atoms with Crippen molar-refractivity contribution in [3.05, 3.63) is 58.1 Å². The lowest BCUT2D eigenvalue weighted by Gasteiger charge is -2.30. The van der Waals surface area contributed by atoms with E-state index >= 15 is 0 Å². The Morgan fingerprint density at radius 2 is 1.93 bits per heavy atom. The minimum absolute atomic E-state index is 0.136. The zero-order chi connectivity index (χ0) is 21.8. The second-order valence-corrected chi connectivity index (χ2v) is 8.24. The van der Waals surface area contributed by atoms with Crippen molar-refractivity contribution in [3.63, 3.8) is 0 Å².